The van der Waals surface area contributed by atoms with Gasteiger partial charge in [0, 0.05) is 23.5 Å². The number of aromatic nitrogens is 4. The summed E-state index contributed by atoms with van der Waals surface area (Å²) >= 11 is 5.08. The summed E-state index contributed by atoms with van der Waals surface area (Å²) in [5.74, 6) is 0.688. The Bertz CT molecular complexity index is 701. The fourth-order valence-electron chi connectivity index (χ4n) is 1.74. The van der Waals surface area contributed by atoms with Crippen molar-refractivity contribution < 1.29 is 0 Å². The van der Waals surface area contributed by atoms with E-state index in [2.05, 4.69) is 37.8 Å². The van der Waals surface area contributed by atoms with E-state index in [4.69, 9.17) is 0 Å². The van der Waals surface area contributed by atoms with Crippen molar-refractivity contribution in [3.05, 3.63) is 32.9 Å². The summed E-state index contributed by atoms with van der Waals surface area (Å²) in [7, 11) is 0. The number of thiazole rings is 1. The molecule has 0 saturated carbocycles. The van der Waals surface area contributed by atoms with Gasteiger partial charge in [-0.1, -0.05) is 0 Å². The molecule has 0 aromatic carbocycles. The van der Waals surface area contributed by atoms with E-state index in [1.165, 1.54) is 4.88 Å². The largest absolute Gasteiger partial charge is 0.289 e. The van der Waals surface area contributed by atoms with Crippen LogP contribution in [0, 0.1) is 13.8 Å². The molecule has 0 amide bonds. The molecule has 0 unspecified atom stereocenters. The molecule has 0 aliphatic rings. The van der Waals surface area contributed by atoms with Crippen molar-refractivity contribution in [1.82, 2.24) is 19.4 Å². The van der Waals surface area contributed by atoms with Gasteiger partial charge in [0.1, 0.15) is 11.4 Å². The highest BCUT2D eigenvalue weighted by Crippen LogP contribution is 2.26. The number of fused-ring (bicyclic) bond motifs is 1. The third-order valence-electron chi connectivity index (χ3n) is 2.42. The molecule has 3 heterocycles. The molecule has 0 fully saturated rings. The van der Waals surface area contributed by atoms with Gasteiger partial charge in [0.2, 0.25) is 5.78 Å². The Labute approximate surface area is 111 Å². The standard InChI is InChI=1S/C11H9BrN4S/c1-6-10(14-7(2)17-6)9-5-16-4-8(12)3-13-11(16)15-9/h3-5H,1-2H3. The van der Waals surface area contributed by atoms with Crippen LogP contribution in [0.2, 0.25) is 0 Å². The molecule has 0 atom stereocenters. The summed E-state index contributed by atoms with van der Waals surface area (Å²) in [4.78, 5) is 14.4. The second-order valence-electron chi connectivity index (χ2n) is 3.74. The van der Waals surface area contributed by atoms with Crippen molar-refractivity contribution in [3.8, 4) is 11.4 Å². The fraction of sp³-hybridized carbons (Fsp3) is 0.182. The van der Waals surface area contributed by atoms with Gasteiger partial charge in [-0.25, -0.2) is 15.0 Å². The van der Waals surface area contributed by atoms with E-state index in [0.29, 0.717) is 5.78 Å². The third kappa shape index (κ3) is 1.87. The van der Waals surface area contributed by atoms with Crippen LogP contribution in [-0.4, -0.2) is 19.4 Å². The van der Waals surface area contributed by atoms with Crippen LogP contribution < -0.4 is 0 Å². The first-order valence-electron chi connectivity index (χ1n) is 5.08. The zero-order chi connectivity index (χ0) is 12.0. The van der Waals surface area contributed by atoms with E-state index in [-0.39, 0.29) is 0 Å². The molecule has 0 bridgehead atoms. The normalized spacial score (nSPS) is 11.2. The first-order chi connectivity index (χ1) is 8.13. The number of hydrogen-bond donors (Lipinski definition) is 0. The Balaban J connectivity index is 2.21. The first-order valence-corrected chi connectivity index (χ1v) is 6.69. The quantitative estimate of drug-likeness (QED) is 0.693. The van der Waals surface area contributed by atoms with Gasteiger partial charge < -0.3 is 0 Å². The smallest absolute Gasteiger partial charge is 0.234 e. The van der Waals surface area contributed by atoms with Crippen molar-refractivity contribution in [1.29, 1.82) is 0 Å². The van der Waals surface area contributed by atoms with Gasteiger partial charge in [0.25, 0.3) is 0 Å². The van der Waals surface area contributed by atoms with E-state index < -0.39 is 0 Å². The van der Waals surface area contributed by atoms with E-state index >= 15 is 0 Å². The average Bonchev–Trinajstić information content (AvgIpc) is 2.80. The summed E-state index contributed by atoms with van der Waals surface area (Å²) in [5.41, 5.74) is 1.83. The Morgan fingerprint density at radius 3 is 2.76 bits per heavy atom. The first kappa shape index (κ1) is 10.9. The predicted molar refractivity (Wildman–Crippen MR) is 71.3 cm³/mol. The van der Waals surface area contributed by atoms with Gasteiger partial charge in [-0.3, -0.25) is 4.40 Å². The van der Waals surface area contributed by atoms with Crippen molar-refractivity contribution in [2.75, 3.05) is 0 Å². The summed E-state index contributed by atoms with van der Waals surface area (Å²) in [5, 5.41) is 1.06. The Morgan fingerprint density at radius 1 is 1.24 bits per heavy atom. The molecule has 4 nitrogen and oxygen atoms in total. The van der Waals surface area contributed by atoms with Gasteiger partial charge in [0.05, 0.1) is 9.48 Å². The molecule has 3 aromatic rings. The molecule has 17 heavy (non-hydrogen) atoms. The zero-order valence-corrected chi connectivity index (χ0v) is 11.7. The summed E-state index contributed by atoms with van der Waals surface area (Å²) < 4.78 is 2.83. The van der Waals surface area contributed by atoms with Gasteiger partial charge in [-0.15, -0.1) is 11.3 Å². The molecule has 0 aliphatic heterocycles. The lowest BCUT2D eigenvalue weighted by Gasteiger charge is -1.90. The van der Waals surface area contributed by atoms with E-state index in [1.54, 1.807) is 17.5 Å². The highest BCUT2D eigenvalue weighted by molar-refractivity contribution is 9.10. The maximum Gasteiger partial charge on any atom is 0.234 e. The van der Waals surface area contributed by atoms with Crippen LogP contribution in [0.4, 0.5) is 0 Å². The summed E-state index contributed by atoms with van der Waals surface area (Å²) in [6.07, 6.45) is 5.63. The Hall–Kier alpha value is -1.27. The van der Waals surface area contributed by atoms with E-state index in [1.807, 2.05) is 23.7 Å². The second-order valence-corrected chi connectivity index (χ2v) is 6.07. The lowest BCUT2D eigenvalue weighted by Crippen LogP contribution is -1.85. The average molecular weight is 309 g/mol. The SMILES string of the molecule is Cc1nc(-c2cn3cc(Br)cnc3n2)c(C)s1. The molecule has 0 spiro atoms. The monoisotopic (exact) mass is 308 g/mol. The van der Waals surface area contributed by atoms with Crippen molar-refractivity contribution in [2.45, 2.75) is 13.8 Å². The maximum atomic E-state index is 4.50. The van der Waals surface area contributed by atoms with Crippen LogP contribution in [0.3, 0.4) is 0 Å². The highest BCUT2D eigenvalue weighted by atomic mass is 79.9. The maximum absolute atomic E-state index is 4.50. The van der Waals surface area contributed by atoms with E-state index in [0.717, 1.165) is 20.9 Å². The van der Waals surface area contributed by atoms with Crippen LogP contribution >= 0.6 is 27.3 Å². The van der Waals surface area contributed by atoms with E-state index in [9.17, 15) is 0 Å². The summed E-state index contributed by atoms with van der Waals surface area (Å²) in [6, 6.07) is 0. The van der Waals surface area contributed by atoms with Crippen molar-refractivity contribution in [3.63, 3.8) is 0 Å². The minimum Gasteiger partial charge on any atom is -0.289 e. The fourth-order valence-corrected chi connectivity index (χ4v) is 2.89. The molecule has 0 N–H and O–H groups in total. The molecule has 6 heteroatoms. The molecule has 3 rings (SSSR count). The van der Waals surface area contributed by atoms with Gasteiger partial charge in [-0.05, 0) is 29.8 Å². The molecule has 86 valence electrons. The molecule has 0 aliphatic carbocycles. The number of aryl methyl sites for hydroxylation is 2. The third-order valence-corrected chi connectivity index (χ3v) is 3.72. The zero-order valence-electron chi connectivity index (χ0n) is 9.31. The number of imidazole rings is 1. The number of nitrogens with zero attached hydrogens (tertiary/aromatic N) is 4. The Morgan fingerprint density at radius 2 is 2.06 bits per heavy atom. The van der Waals surface area contributed by atoms with Crippen LogP contribution in [0.1, 0.15) is 9.88 Å². The van der Waals surface area contributed by atoms with Crippen LogP contribution in [0.15, 0.2) is 23.1 Å². The van der Waals surface area contributed by atoms with Gasteiger partial charge >= 0.3 is 0 Å². The van der Waals surface area contributed by atoms with Crippen molar-refractivity contribution >= 4 is 33.0 Å². The Kier molecular flexibility index (Phi) is 2.48. The minimum absolute atomic E-state index is 0.688. The molecular formula is C11H9BrN4S. The molecule has 0 radical (unpaired) electrons. The minimum atomic E-state index is 0.688. The topological polar surface area (TPSA) is 43.1 Å². The molecule has 0 saturated heterocycles. The number of rotatable bonds is 1. The van der Waals surface area contributed by atoms with Gasteiger partial charge in [-0.2, -0.15) is 0 Å². The van der Waals surface area contributed by atoms with Crippen LogP contribution in [0.25, 0.3) is 17.2 Å². The molecular weight excluding hydrogens is 300 g/mol. The van der Waals surface area contributed by atoms with Crippen LogP contribution in [0.5, 0.6) is 0 Å². The van der Waals surface area contributed by atoms with Crippen LogP contribution in [-0.2, 0) is 0 Å². The lowest BCUT2D eigenvalue weighted by molar-refractivity contribution is 1.10. The summed E-state index contributed by atoms with van der Waals surface area (Å²) in [6.45, 7) is 4.07. The highest BCUT2D eigenvalue weighted by Gasteiger charge is 2.11. The van der Waals surface area contributed by atoms with Gasteiger partial charge in [0.15, 0.2) is 0 Å². The predicted octanol–water partition coefficient (Wildman–Crippen LogP) is 3.23. The van der Waals surface area contributed by atoms with Crippen molar-refractivity contribution in [2.24, 2.45) is 0 Å². The molecule has 3 aromatic heterocycles. The number of hydrogen-bond acceptors (Lipinski definition) is 4. The lowest BCUT2D eigenvalue weighted by atomic mass is 10.3. The second kappa shape index (κ2) is 3.89. The number of halogens is 1.